The maximum atomic E-state index is 13.3. The summed E-state index contributed by atoms with van der Waals surface area (Å²) in [6.45, 7) is 2.32. The fourth-order valence-corrected chi connectivity index (χ4v) is 4.61. The molecule has 3 aliphatic heterocycles. The van der Waals surface area contributed by atoms with E-state index in [0.29, 0.717) is 5.69 Å². The zero-order valence-corrected chi connectivity index (χ0v) is 17.1. The number of halogens is 1. The van der Waals surface area contributed by atoms with Crippen LogP contribution in [0.5, 0.6) is 0 Å². The van der Waals surface area contributed by atoms with E-state index in [4.69, 9.17) is 14.2 Å². The second-order valence-electron chi connectivity index (χ2n) is 6.84. The summed E-state index contributed by atoms with van der Waals surface area (Å²) in [4.78, 5) is 50.6. The van der Waals surface area contributed by atoms with Crippen molar-refractivity contribution in [3.05, 3.63) is 40.0 Å². The van der Waals surface area contributed by atoms with E-state index in [0.717, 1.165) is 22.3 Å². The van der Waals surface area contributed by atoms with Gasteiger partial charge < -0.3 is 14.2 Å². The molecule has 2 fully saturated rings. The number of carbonyl (C=O) groups excluding carboxylic acids is 4. The van der Waals surface area contributed by atoms with Gasteiger partial charge in [0.05, 0.1) is 23.6 Å². The van der Waals surface area contributed by atoms with Crippen LogP contribution in [0.15, 0.2) is 36.4 Å². The van der Waals surface area contributed by atoms with Crippen LogP contribution in [0, 0.1) is 15.4 Å². The number of anilines is 1. The second-order valence-corrected chi connectivity index (χ2v) is 8.09. The number of benzene rings is 1. The first kappa shape index (κ1) is 19.1. The van der Waals surface area contributed by atoms with Crippen molar-refractivity contribution >= 4 is 52.0 Å². The van der Waals surface area contributed by atoms with Gasteiger partial charge in [0, 0.05) is 17.4 Å². The summed E-state index contributed by atoms with van der Waals surface area (Å²) >= 11 is 2.10. The highest BCUT2D eigenvalue weighted by atomic mass is 127. The lowest BCUT2D eigenvalue weighted by molar-refractivity contribution is -0.226. The predicted octanol–water partition coefficient (Wildman–Crippen LogP) is 1.56. The molecule has 2 bridgehead atoms. The second kappa shape index (κ2) is 6.66. The molecule has 0 aliphatic carbocycles. The van der Waals surface area contributed by atoms with Crippen molar-refractivity contribution in [1.29, 1.82) is 0 Å². The lowest BCUT2D eigenvalue weighted by Crippen LogP contribution is -2.52. The van der Waals surface area contributed by atoms with Crippen LogP contribution in [-0.2, 0) is 33.4 Å². The number of amides is 2. The fraction of sp³-hybridized carbons (Fsp3) is 0.368. The molecule has 1 aromatic rings. The van der Waals surface area contributed by atoms with Crippen LogP contribution in [0.3, 0.4) is 0 Å². The Bertz CT molecular complexity index is 913. The first-order valence-corrected chi connectivity index (χ1v) is 9.67. The summed E-state index contributed by atoms with van der Waals surface area (Å²) in [5.41, 5.74) is -1.07. The number of esters is 2. The number of hydrogen-bond acceptors (Lipinski definition) is 7. The normalized spacial score (nSPS) is 30.1. The molecule has 146 valence electrons. The Balaban J connectivity index is 1.75. The Kier molecular flexibility index (Phi) is 4.53. The number of nitrogens with zero attached hydrogens (tertiary/aromatic N) is 1. The predicted molar refractivity (Wildman–Crippen MR) is 103 cm³/mol. The molecule has 28 heavy (non-hydrogen) atoms. The Morgan fingerprint density at radius 3 is 2.46 bits per heavy atom. The van der Waals surface area contributed by atoms with Crippen molar-refractivity contribution in [2.45, 2.75) is 31.8 Å². The molecule has 4 atom stereocenters. The van der Waals surface area contributed by atoms with E-state index < -0.39 is 53.6 Å². The molecule has 2 amide bonds. The monoisotopic (exact) mass is 497 g/mol. The Hall–Kier alpha value is -2.27. The van der Waals surface area contributed by atoms with Gasteiger partial charge in [0.15, 0.2) is 5.60 Å². The molecule has 1 aromatic carbocycles. The molecule has 3 aliphatic rings. The third kappa shape index (κ3) is 2.75. The van der Waals surface area contributed by atoms with Gasteiger partial charge in [-0.3, -0.25) is 19.2 Å². The molecule has 9 heteroatoms. The lowest BCUT2D eigenvalue weighted by Gasteiger charge is -2.34. The van der Waals surface area contributed by atoms with E-state index in [1.165, 1.54) is 0 Å². The van der Waals surface area contributed by atoms with Crippen LogP contribution in [0.4, 0.5) is 5.69 Å². The van der Waals surface area contributed by atoms with Crippen LogP contribution in [0.1, 0.15) is 13.8 Å². The van der Waals surface area contributed by atoms with E-state index in [2.05, 4.69) is 22.6 Å². The largest absolute Gasteiger partial charge is 0.422 e. The minimum atomic E-state index is -1.53. The topological polar surface area (TPSA) is 99.2 Å². The minimum Gasteiger partial charge on any atom is -0.422 e. The maximum Gasteiger partial charge on any atom is 0.305 e. The molecule has 0 N–H and O–H groups in total. The average molecular weight is 497 g/mol. The lowest BCUT2D eigenvalue weighted by atomic mass is 9.76. The Morgan fingerprint density at radius 1 is 1.18 bits per heavy atom. The molecule has 0 radical (unpaired) electrons. The Morgan fingerprint density at radius 2 is 1.86 bits per heavy atom. The van der Waals surface area contributed by atoms with E-state index in [1.807, 2.05) is 6.07 Å². The molecule has 0 aromatic heterocycles. The smallest absolute Gasteiger partial charge is 0.305 e. The van der Waals surface area contributed by atoms with Gasteiger partial charge in [-0.1, -0.05) is 12.1 Å². The van der Waals surface area contributed by atoms with Crippen molar-refractivity contribution < 1.29 is 33.4 Å². The van der Waals surface area contributed by atoms with Crippen molar-refractivity contribution in [2.75, 3.05) is 4.90 Å². The SMILES string of the molecule is CC(=O)OC(OC(C)=O)[C@@]12C=C[C@@H](O1)[C@@H]1C(=O)N(c3cccc(I)c3)C(=O)[C@H]12. The van der Waals surface area contributed by atoms with Gasteiger partial charge >= 0.3 is 11.9 Å². The van der Waals surface area contributed by atoms with Crippen LogP contribution < -0.4 is 4.90 Å². The summed E-state index contributed by atoms with van der Waals surface area (Å²) in [6, 6.07) is 7.02. The molecular formula is C19H16INO7. The van der Waals surface area contributed by atoms with Gasteiger partial charge in [0.1, 0.15) is 0 Å². The summed E-state index contributed by atoms with van der Waals surface area (Å²) < 4.78 is 17.1. The Labute approximate surface area is 173 Å². The van der Waals surface area contributed by atoms with Gasteiger partial charge in [0.2, 0.25) is 11.8 Å². The number of fused-ring (bicyclic) bond motifs is 5. The van der Waals surface area contributed by atoms with Crippen LogP contribution in [0.2, 0.25) is 0 Å². The van der Waals surface area contributed by atoms with Gasteiger partial charge in [-0.15, -0.1) is 0 Å². The van der Waals surface area contributed by atoms with Crippen molar-refractivity contribution in [3.8, 4) is 0 Å². The first-order valence-electron chi connectivity index (χ1n) is 8.59. The van der Waals surface area contributed by atoms with E-state index >= 15 is 0 Å². The minimum absolute atomic E-state index is 0.391. The quantitative estimate of drug-likeness (QED) is 0.205. The highest BCUT2D eigenvalue weighted by molar-refractivity contribution is 14.1. The summed E-state index contributed by atoms with van der Waals surface area (Å²) in [7, 11) is 0. The third-order valence-corrected chi connectivity index (χ3v) is 5.73. The first-order chi connectivity index (χ1) is 13.2. The molecule has 0 spiro atoms. The fourth-order valence-electron chi connectivity index (χ4n) is 4.09. The average Bonchev–Trinajstić information content (AvgIpc) is 3.25. The summed E-state index contributed by atoms with van der Waals surface area (Å²) in [5, 5.41) is 0. The zero-order chi connectivity index (χ0) is 20.2. The summed E-state index contributed by atoms with van der Waals surface area (Å²) in [6.07, 6.45) is 1.07. The molecule has 3 heterocycles. The highest BCUT2D eigenvalue weighted by Crippen LogP contribution is 2.54. The molecule has 0 unspecified atom stereocenters. The van der Waals surface area contributed by atoms with Crippen LogP contribution in [0.25, 0.3) is 0 Å². The van der Waals surface area contributed by atoms with Gasteiger partial charge in [-0.05, 0) is 46.9 Å². The summed E-state index contributed by atoms with van der Waals surface area (Å²) in [5.74, 6) is -4.00. The zero-order valence-electron chi connectivity index (χ0n) is 15.0. The maximum absolute atomic E-state index is 13.3. The molecule has 4 rings (SSSR count). The van der Waals surface area contributed by atoms with E-state index in [9.17, 15) is 19.2 Å². The molecule has 8 nitrogen and oxygen atoms in total. The van der Waals surface area contributed by atoms with Crippen molar-refractivity contribution in [1.82, 2.24) is 0 Å². The molecule has 2 saturated heterocycles. The van der Waals surface area contributed by atoms with Crippen molar-refractivity contribution in [2.24, 2.45) is 11.8 Å². The van der Waals surface area contributed by atoms with Crippen LogP contribution >= 0.6 is 22.6 Å². The molecular weight excluding hydrogens is 481 g/mol. The standard InChI is InChI=1S/C19H16INO7/c1-9(22)26-18(27-10(2)23)19-7-6-13(28-19)14-15(19)17(25)21(16(14)24)12-5-3-4-11(20)8-12/h3-8,13-15,18H,1-2H3/t13-,14+,15+,19+/m1/s1. The van der Waals surface area contributed by atoms with Gasteiger partial charge in [0.25, 0.3) is 6.29 Å². The molecule has 0 saturated carbocycles. The van der Waals surface area contributed by atoms with Gasteiger partial charge in [-0.25, -0.2) is 4.90 Å². The number of rotatable bonds is 4. The highest BCUT2D eigenvalue weighted by Gasteiger charge is 2.72. The van der Waals surface area contributed by atoms with Crippen LogP contribution in [-0.4, -0.2) is 41.7 Å². The van der Waals surface area contributed by atoms with E-state index in [-0.39, 0.29) is 0 Å². The number of carbonyl (C=O) groups is 4. The number of hydrogen-bond donors (Lipinski definition) is 0. The van der Waals surface area contributed by atoms with E-state index in [1.54, 1.807) is 30.4 Å². The third-order valence-electron chi connectivity index (χ3n) is 5.06. The number of imide groups is 1. The van der Waals surface area contributed by atoms with Gasteiger partial charge in [-0.2, -0.15) is 0 Å². The van der Waals surface area contributed by atoms with Crippen molar-refractivity contribution in [3.63, 3.8) is 0 Å². The number of ether oxygens (including phenoxy) is 3.